The highest BCUT2D eigenvalue weighted by atomic mass is 16.5. The zero-order chi connectivity index (χ0) is 18.7. The SMILES string of the molecule is COc1cc(C)n(CC2CCC(NC(=O)C3=C(C)N=CCC3=O)CC2)n1. The molecule has 1 aliphatic heterocycles. The highest BCUT2D eigenvalue weighted by molar-refractivity contribution is 6.23. The topological polar surface area (TPSA) is 85.6 Å². The van der Waals surface area contributed by atoms with Crippen LogP contribution in [0.1, 0.15) is 44.7 Å². The molecule has 0 saturated heterocycles. The number of hydrogen-bond donors (Lipinski definition) is 1. The van der Waals surface area contributed by atoms with Gasteiger partial charge in [-0.1, -0.05) is 0 Å². The Hall–Kier alpha value is -2.44. The molecule has 1 aromatic rings. The van der Waals surface area contributed by atoms with Gasteiger partial charge in [-0.15, -0.1) is 5.10 Å². The summed E-state index contributed by atoms with van der Waals surface area (Å²) in [6, 6.07) is 2.05. The van der Waals surface area contributed by atoms with E-state index in [1.165, 1.54) is 0 Å². The summed E-state index contributed by atoms with van der Waals surface area (Å²) in [6.45, 7) is 4.61. The monoisotopic (exact) mass is 358 g/mol. The summed E-state index contributed by atoms with van der Waals surface area (Å²) in [7, 11) is 1.62. The van der Waals surface area contributed by atoms with Gasteiger partial charge in [0.15, 0.2) is 5.78 Å². The van der Waals surface area contributed by atoms with Crippen LogP contribution in [0.5, 0.6) is 5.88 Å². The number of carbonyl (C=O) groups excluding carboxylic acids is 2. The first-order valence-corrected chi connectivity index (χ1v) is 9.13. The fourth-order valence-electron chi connectivity index (χ4n) is 3.68. The Morgan fingerprint density at radius 3 is 2.65 bits per heavy atom. The Labute approximate surface area is 153 Å². The number of aliphatic imine (C=N–C) groups is 1. The van der Waals surface area contributed by atoms with E-state index >= 15 is 0 Å². The molecule has 0 bridgehead atoms. The van der Waals surface area contributed by atoms with Crippen molar-refractivity contribution in [3.63, 3.8) is 0 Å². The molecule has 2 heterocycles. The minimum atomic E-state index is -0.277. The number of allylic oxidation sites excluding steroid dienone is 1. The second kappa shape index (κ2) is 7.85. The highest BCUT2D eigenvalue weighted by Gasteiger charge is 2.28. The van der Waals surface area contributed by atoms with Crippen molar-refractivity contribution in [1.82, 2.24) is 15.1 Å². The summed E-state index contributed by atoms with van der Waals surface area (Å²) in [5, 5.41) is 7.46. The quantitative estimate of drug-likeness (QED) is 0.818. The largest absolute Gasteiger partial charge is 0.480 e. The average Bonchev–Trinajstić information content (AvgIpc) is 2.96. The number of Topliss-reactive ketones (excluding diaryl/α,β-unsaturated/α-hetero) is 1. The molecule has 0 aromatic carbocycles. The van der Waals surface area contributed by atoms with E-state index in [1.54, 1.807) is 20.2 Å². The summed E-state index contributed by atoms with van der Waals surface area (Å²) in [6.07, 6.45) is 5.65. The first-order chi connectivity index (χ1) is 12.5. The van der Waals surface area contributed by atoms with Crippen molar-refractivity contribution < 1.29 is 14.3 Å². The van der Waals surface area contributed by atoms with Gasteiger partial charge in [-0.05, 0) is 45.4 Å². The van der Waals surface area contributed by atoms with E-state index in [1.807, 2.05) is 17.7 Å². The van der Waals surface area contributed by atoms with Gasteiger partial charge >= 0.3 is 0 Å². The van der Waals surface area contributed by atoms with Crippen LogP contribution in [0.4, 0.5) is 0 Å². The number of amides is 1. The van der Waals surface area contributed by atoms with Crippen LogP contribution in [0.2, 0.25) is 0 Å². The van der Waals surface area contributed by atoms with Gasteiger partial charge in [0.2, 0.25) is 5.88 Å². The first kappa shape index (κ1) is 18.4. The van der Waals surface area contributed by atoms with E-state index in [9.17, 15) is 9.59 Å². The number of ketones is 1. The molecule has 1 amide bonds. The van der Waals surface area contributed by atoms with Crippen molar-refractivity contribution in [1.29, 1.82) is 0 Å². The van der Waals surface area contributed by atoms with Crippen LogP contribution >= 0.6 is 0 Å². The predicted octanol–water partition coefficient (Wildman–Crippen LogP) is 2.19. The molecule has 1 aliphatic carbocycles. The van der Waals surface area contributed by atoms with Gasteiger partial charge < -0.3 is 10.1 Å². The third-order valence-corrected chi connectivity index (χ3v) is 5.21. The smallest absolute Gasteiger partial charge is 0.256 e. The molecular formula is C19H26N4O3. The highest BCUT2D eigenvalue weighted by Crippen LogP contribution is 2.27. The molecule has 1 aromatic heterocycles. The molecule has 7 heteroatoms. The molecule has 1 N–H and O–H groups in total. The van der Waals surface area contributed by atoms with Gasteiger partial charge in [-0.3, -0.25) is 19.3 Å². The van der Waals surface area contributed by atoms with E-state index in [0.717, 1.165) is 37.9 Å². The summed E-state index contributed by atoms with van der Waals surface area (Å²) < 4.78 is 7.17. The fraction of sp³-hybridized carbons (Fsp3) is 0.579. The molecule has 0 unspecified atom stereocenters. The van der Waals surface area contributed by atoms with Gasteiger partial charge in [0.1, 0.15) is 5.57 Å². The zero-order valence-corrected chi connectivity index (χ0v) is 15.6. The number of nitrogens with zero attached hydrogens (tertiary/aromatic N) is 3. The average molecular weight is 358 g/mol. The maximum Gasteiger partial charge on any atom is 0.256 e. The van der Waals surface area contributed by atoms with Crippen molar-refractivity contribution in [3.8, 4) is 5.88 Å². The van der Waals surface area contributed by atoms with Crippen LogP contribution in [-0.2, 0) is 16.1 Å². The van der Waals surface area contributed by atoms with E-state index in [2.05, 4.69) is 15.4 Å². The second-order valence-electron chi connectivity index (χ2n) is 7.10. The molecule has 140 valence electrons. The minimum absolute atomic E-state index is 0.117. The van der Waals surface area contributed by atoms with Crippen LogP contribution in [-0.4, -0.2) is 40.8 Å². The summed E-state index contributed by atoms with van der Waals surface area (Å²) in [5.41, 5.74) is 1.82. The third kappa shape index (κ3) is 4.03. The molecule has 0 radical (unpaired) electrons. The van der Waals surface area contributed by atoms with Crippen LogP contribution in [0.3, 0.4) is 0 Å². The minimum Gasteiger partial charge on any atom is -0.480 e. The number of hydrogen-bond acceptors (Lipinski definition) is 5. The zero-order valence-electron chi connectivity index (χ0n) is 15.6. The van der Waals surface area contributed by atoms with E-state index in [-0.39, 0.29) is 29.7 Å². The number of methoxy groups -OCH3 is 1. The number of ether oxygens (including phenoxy) is 1. The molecule has 26 heavy (non-hydrogen) atoms. The number of carbonyl (C=O) groups is 2. The molecular weight excluding hydrogens is 332 g/mol. The Kier molecular flexibility index (Phi) is 5.54. The Bertz CT molecular complexity index is 755. The molecule has 2 aliphatic rings. The van der Waals surface area contributed by atoms with Crippen LogP contribution < -0.4 is 10.1 Å². The molecule has 1 fully saturated rings. The van der Waals surface area contributed by atoms with Crippen LogP contribution in [0.25, 0.3) is 0 Å². The van der Waals surface area contributed by atoms with Crippen molar-refractivity contribution in [2.75, 3.05) is 7.11 Å². The number of nitrogens with one attached hydrogen (secondary N) is 1. The molecule has 0 spiro atoms. The number of rotatable bonds is 5. The van der Waals surface area contributed by atoms with Crippen LogP contribution in [0, 0.1) is 12.8 Å². The molecule has 3 rings (SSSR count). The van der Waals surface area contributed by atoms with Gasteiger partial charge in [-0.25, -0.2) is 0 Å². The van der Waals surface area contributed by atoms with Gasteiger partial charge in [-0.2, -0.15) is 0 Å². The lowest BCUT2D eigenvalue weighted by molar-refractivity contribution is -0.122. The van der Waals surface area contributed by atoms with E-state index in [4.69, 9.17) is 4.74 Å². The lowest BCUT2D eigenvalue weighted by Gasteiger charge is -2.29. The fourth-order valence-corrected chi connectivity index (χ4v) is 3.68. The number of aromatic nitrogens is 2. The lowest BCUT2D eigenvalue weighted by Crippen LogP contribution is -2.40. The summed E-state index contributed by atoms with van der Waals surface area (Å²) in [4.78, 5) is 28.5. The van der Waals surface area contributed by atoms with E-state index in [0.29, 0.717) is 17.5 Å². The van der Waals surface area contributed by atoms with Crippen molar-refractivity contribution in [2.45, 2.75) is 58.5 Å². The molecule has 0 atom stereocenters. The first-order valence-electron chi connectivity index (χ1n) is 9.13. The normalized spacial score (nSPS) is 23.3. The molecule has 7 nitrogen and oxygen atoms in total. The second-order valence-corrected chi connectivity index (χ2v) is 7.10. The van der Waals surface area contributed by atoms with E-state index < -0.39 is 0 Å². The Morgan fingerprint density at radius 1 is 1.31 bits per heavy atom. The number of aryl methyl sites for hydroxylation is 1. The van der Waals surface area contributed by atoms with Crippen LogP contribution in [0.15, 0.2) is 22.3 Å². The van der Waals surface area contributed by atoms with Gasteiger partial charge in [0.05, 0.1) is 12.8 Å². The van der Waals surface area contributed by atoms with Crippen molar-refractivity contribution >= 4 is 17.9 Å². The van der Waals surface area contributed by atoms with Gasteiger partial charge in [0.25, 0.3) is 5.91 Å². The predicted molar refractivity (Wildman–Crippen MR) is 98.2 cm³/mol. The Morgan fingerprint density at radius 2 is 2.04 bits per heavy atom. The van der Waals surface area contributed by atoms with Gasteiger partial charge in [0, 0.05) is 37.0 Å². The lowest BCUT2D eigenvalue weighted by atomic mass is 9.85. The maximum absolute atomic E-state index is 12.4. The molecule has 1 saturated carbocycles. The van der Waals surface area contributed by atoms with Crippen molar-refractivity contribution in [2.24, 2.45) is 10.9 Å². The van der Waals surface area contributed by atoms with Crippen molar-refractivity contribution in [3.05, 3.63) is 23.0 Å². The summed E-state index contributed by atoms with van der Waals surface area (Å²) in [5.74, 6) is 0.757. The standard InChI is InChI=1S/C19H26N4O3/c1-12-10-17(26-3)22-23(12)11-14-4-6-15(7-5-14)21-19(25)18-13(2)20-9-8-16(18)24/h9-10,14-15H,4-8,11H2,1-3H3,(H,21,25). The Balaban J connectivity index is 1.52. The summed E-state index contributed by atoms with van der Waals surface area (Å²) >= 11 is 0. The third-order valence-electron chi connectivity index (χ3n) is 5.21. The maximum atomic E-state index is 12.4.